The number of fused-ring (bicyclic) bond motifs is 3. The van der Waals surface area contributed by atoms with E-state index in [0.717, 1.165) is 0 Å². The quantitative estimate of drug-likeness (QED) is 0.0697. The number of carbonyl (C=O) groups excluding carboxylic acids is 3. The highest BCUT2D eigenvalue weighted by atomic mass is 16.8. The standard InChI is InChI=1S/C47H54N4O15/c1-57-29-18-14-27(15-19-29)47-37(25-9-6-5-7-10-25)36(41(54)59-3)39(52)46(47,56)38-32(58-2)21-30(22-33(38)66-47)63-44-43(60-4)62-24-35(65-44)34-23-61-42(64-34)26-12-16-28(17-13-26)51-40(53)31(48)11-8-20-50-45(49)55/h5-7,9-10,12-19,21-22,31,34-37,39,42-44,52,56H,8,11,20,23-24,48H2,1-4H3,(H,51,53)(H3,49,50,55)/t31?,34-,35-,36-,37-,39-,42?,43-,44-,46+,47+/m1/s1. The Morgan fingerprint density at radius 3 is 2.23 bits per heavy atom. The molecule has 11 atom stereocenters. The molecular weight excluding hydrogens is 861 g/mol. The van der Waals surface area contributed by atoms with Crippen molar-refractivity contribution in [2.75, 3.05) is 53.5 Å². The summed E-state index contributed by atoms with van der Waals surface area (Å²) >= 11 is 0. The van der Waals surface area contributed by atoms with Crippen LogP contribution in [0.15, 0.2) is 91.0 Å². The Morgan fingerprint density at radius 2 is 1.56 bits per heavy atom. The average molecular weight is 915 g/mol. The second-order valence-corrected chi connectivity index (χ2v) is 16.3. The van der Waals surface area contributed by atoms with Crippen molar-refractivity contribution in [3.63, 3.8) is 0 Å². The van der Waals surface area contributed by atoms with Gasteiger partial charge < -0.3 is 79.7 Å². The number of methoxy groups -OCH3 is 4. The third-order valence-corrected chi connectivity index (χ3v) is 12.5. The minimum Gasteiger partial charge on any atom is -0.497 e. The molecule has 66 heavy (non-hydrogen) atoms. The second-order valence-electron chi connectivity index (χ2n) is 16.3. The average Bonchev–Trinajstić information content (AvgIpc) is 3.99. The summed E-state index contributed by atoms with van der Waals surface area (Å²) in [5.41, 5.74) is 9.37. The van der Waals surface area contributed by atoms with Gasteiger partial charge in [0.15, 0.2) is 17.5 Å². The number of carbonyl (C=O) groups is 3. The minimum atomic E-state index is -2.28. The van der Waals surface area contributed by atoms with Crippen LogP contribution in [0.25, 0.3) is 0 Å². The van der Waals surface area contributed by atoms with E-state index < -0.39 is 78.3 Å². The van der Waals surface area contributed by atoms with Gasteiger partial charge in [-0.2, -0.15) is 0 Å². The van der Waals surface area contributed by atoms with Gasteiger partial charge in [-0.1, -0.05) is 54.6 Å². The summed E-state index contributed by atoms with van der Waals surface area (Å²) in [4.78, 5) is 37.2. The Hall–Kier alpha value is -6.03. The Balaban J connectivity index is 1.01. The summed E-state index contributed by atoms with van der Waals surface area (Å²) in [6.07, 6.45) is -5.06. The molecule has 0 bridgehead atoms. The Labute approximate surface area is 380 Å². The number of hydrogen-bond acceptors (Lipinski definition) is 16. The Morgan fingerprint density at radius 1 is 0.848 bits per heavy atom. The van der Waals surface area contributed by atoms with Crippen LogP contribution in [0, 0.1) is 5.92 Å². The SMILES string of the molecule is COC(=O)[C@H]1[C@@H](O)[C@@]2(O)c3c(OC)cc(O[C@@H]4O[C@@H]([C@H]5COC(c6ccc(NC(=O)C(N)CCCNC(N)=O)cc6)O5)CO[C@H]4OC)cc3O[C@@]2(c2ccc(OC)cc2)[C@@H]1c1ccccc1. The van der Waals surface area contributed by atoms with Crippen LogP contribution in [0.4, 0.5) is 10.5 Å². The molecular formula is C47H54N4O15. The molecule has 8 N–H and O–H groups in total. The lowest BCUT2D eigenvalue weighted by Gasteiger charge is -2.40. The lowest BCUT2D eigenvalue weighted by molar-refractivity contribution is -0.323. The van der Waals surface area contributed by atoms with Crippen molar-refractivity contribution in [2.45, 2.75) is 73.2 Å². The third kappa shape index (κ3) is 8.48. The zero-order chi connectivity index (χ0) is 46.8. The van der Waals surface area contributed by atoms with Crippen LogP contribution in [-0.2, 0) is 49.2 Å². The number of amides is 3. The van der Waals surface area contributed by atoms with Crippen molar-refractivity contribution in [2.24, 2.45) is 17.4 Å². The van der Waals surface area contributed by atoms with Crippen molar-refractivity contribution in [1.82, 2.24) is 5.32 Å². The van der Waals surface area contributed by atoms with Gasteiger partial charge in [0.05, 0.1) is 52.1 Å². The number of benzene rings is 4. The van der Waals surface area contributed by atoms with E-state index in [4.69, 9.17) is 58.8 Å². The smallest absolute Gasteiger partial charge is 0.312 e. The summed E-state index contributed by atoms with van der Waals surface area (Å²) in [5.74, 6) is -2.44. The Kier molecular flexibility index (Phi) is 13.7. The molecule has 3 amide bonds. The predicted octanol–water partition coefficient (Wildman–Crippen LogP) is 3.05. The molecule has 0 spiro atoms. The molecule has 8 rings (SSSR count). The molecule has 4 aliphatic rings. The van der Waals surface area contributed by atoms with Crippen LogP contribution in [-0.4, -0.2) is 113 Å². The molecule has 19 heteroatoms. The second kappa shape index (κ2) is 19.4. The number of ether oxygens (including phenoxy) is 10. The summed E-state index contributed by atoms with van der Waals surface area (Å²) in [6, 6.07) is 24.5. The number of hydrogen-bond donors (Lipinski definition) is 6. The lowest BCUT2D eigenvalue weighted by Crippen LogP contribution is -2.52. The fourth-order valence-electron chi connectivity index (χ4n) is 9.40. The van der Waals surface area contributed by atoms with E-state index in [9.17, 15) is 24.6 Å². The van der Waals surface area contributed by atoms with E-state index in [1.165, 1.54) is 34.5 Å². The Bertz CT molecular complexity index is 2360. The largest absolute Gasteiger partial charge is 0.497 e. The number of aliphatic hydroxyl groups excluding tert-OH is 1. The monoisotopic (exact) mass is 914 g/mol. The number of urea groups is 1. The highest BCUT2D eigenvalue weighted by Gasteiger charge is 2.78. The first-order valence-corrected chi connectivity index (χ1v) is 21.4. The molecule has 19 nitrogen and oxygen atoms in total. The van der Waals surface area contributed by atoms with Gasteiger partial charge >= 0.3 is 12.0 Å². The molecule has 0 aromatic heterocycles. The van der Waals surface area contributed by atoms with Crippen LogP contribution in [0.3, 0.4) is 0 Å². The number of nitrogens with one attached hydrogen (secondary N) is 2. The van der Waals surface area contributed by atoms with Gasteiger partial charge in [0.25, 0.3) is 6.29 Å². The van der Waals surface area contributed by atoms with Crippen LogP contribution in [0.1, 0.15) is 47.3 Å². The summed E-state index contributed by atoms with van der Waals surface area (Å²) in [7, 11) is 5.62. The maximum absolute atomic E-state index is 13.7. The van der Waals surface area contributed by atoms with Crippen LogP contribution in [0.2, 0.25) is 0 Å². The minimum absolute atomic E-state index is 0.0804. The zero-order valence-electron chi connectivity index (χ0n) is 36.7. The van der Waals surface area contributed by atoms with E-state index in [1.807, 2.05) is 6.07 Å². The van der Waals surface area contributed by atoms with Crippen molar-refractivity contribution >= 4 is 23.6 Å². The van der Waals surface area contributed by atoms with E-state index in [2.05, 4.69) is 10.6 Å². The van der Waals surface area contributed by atoms with Gasteiger partial charge in [-0.3, -0.25) is 9.59 Å². The molecule has 1 aliphatic carbocycles. The number of nitrogens with two attached hydrogens (primary N) is 2. The van der Waals surface area contributed by atoms with Crippen molar-refractivity contribution in [3.05, 3.63) is 113 Å². The first-order valence-electron chi connectivity index (χ1n) is 21.4. The van der Waals surface area contributed by atoms with E-state index in [-0.39, 0.29) is 41.9 Å². The van der Waals surface area contributed by atoms with Gasteiger partial charge in [0.1, 0.15) is 41.3 Å². The molecule has 3 heterocycles. The van der Waals surface area contributed by atoms with E-state index >= 15 is 0 Å². The molecule has 2 unspecified atom stereocenters. The first kappa shape index (κ1) is 46.5. The van der Waals surface area contributed by atoms with Gasteiger partial charge in [-0.05, 0) is 48.2 Å². The van der Waals surface area contributed by atoms with Crippen molar-refractivity contribution in [1.29, 1.82) is 0 Å². The highest BCUT2D eigenvalue weighted by Crippen LogP contribution is 2.70. The van der Waals surface area contributed by atoms with E-state index in [1.54, 1.807) is 78.9 Å². The number of rotatable bonds is 16. The van der Waals surface area contributed by atoms with Crippen molar-refractivity contribution in [3.8, 4) is 23.0 Å². The van der Waals surface area contributed by atoms with E-state index in [0.29, 0.717) is 47.5 Å². The summed E-state index contributed by atoms with van der Waals surface area (Å²) < 4.78 is 60.4. The van der Waals surface area contributed by atoms with Crippen LogP contribution in [0.5, 0.6) is 23.0 Å². The normalized spacial score (nSPS) is 29.1. The number of aliphatic hydroxyl groups is 2. The third-order valence-electron chi connectivity index (χ3n) is 12.5. The highest BCUT2D eigenvalue weighted by molar-refractivity contribution is 5.94. The van der Waals surface area contributed by atoms with Gasteiger partial charge in [0.2, 0.25) is 12.2 Å². The fraction of sp³-hybridized carbons (Fsp3) is 0.426. The number of esters is 1. The first-order chi connectivity index (χ1) is 31.9. The lowest BCUT2D eigenvalue weighted by atomic mass is 9.70. The topological polar surface area (TPSA) is 260 Å². The van der Waals surface area contributed by atoms with Crippen molar-refractivity contribution < 1.29 is 72.0 Å². The molecule has 3 fully saturated rings. The molecule has 2 saturated heterocycles. The van der Waals surface area contributed by atoms with Gasteiger partial charge in [-0.15, -0.1) is 0 Å². The molecule has 352 valence electrons. The maximum Gasteiger partial charge on any atom is 0.312 e. The summed E-state index contributed by atoms with van der Waals surface area (Å²) in [6.45, 7) is 0.553. The molecule has 4 aromatic rings. The molecule has 3 aliphatic heterocycles. The fourth-order valence-corrected chi connectivity index (χ4v) is 9.40. The predicted molar refractivity (Wildman–Crippen MR) is 232 cm³/mol. The zero-order valence-corrected chi connectivity index (χ0v) is 36.7. The van der Waals surface area contributed by atoms with Gasteiger partial charge in [0, 0.05) is 43.0 Å². The molecule has 4 aromatic carbocycles. The van der Waals surface area contributed by atoms with Gasteiger partial charge in [-0.25, -0.2) is 4.79 Å². The summed E-state index contributed by atoms with van der Waals surface area (Å²) in [5, 5.41) is 30.8. The number of primary amides is 1. The number of anilines is 1. The van der Waals surface area contributed by atoms with Crippen LogP contribution >= 0.6 is 0 Å². The maximum atomic E-state index is 13.7. The molecule has 1 saturated carbocycles. The molecule has 0 radical (unpaired) electrons. The van der Waals surface area contributed by atoms with Crippen LogP contribution < -0.4 is 41.0 Å².